The van der Waals surface area contributed by atoms with Gasteiger partial charge in [-0.1, -0.05) is 50.4 Å². The van der Waals surface area contributed by atoms with Crippen LogP contribution in [0.25, 0.3) is 11.6 Å². The lowest BCUT2D eigenvalue weighted by molar-refractivity contribution is -0.142. The number of piperidine rings is 1. The van der Waals surface area contributed by atoms with Gasteiger partial charge in [-0.05, 0) is 106 Å². The molecular weight excluding hydrogens is 536 g/mol. The average molecular weight is 583 g/mol. The molecule has 0 N–H and O–H groups in total. The van der Waals surface area contributed by atoms with Crippen LogP contribution in [0.15, 0.2) is 36.5 Å². The Morgan fingerprint density at radius 2 is 1.83 bits per heavy atom. The minimum absolute atomic E-state index is 0.145. The Balaban J connectivity index is 0.00000226. The van der Waals surface area contributed by atoms with Crippen LogP contribution in [-0.2, 0) is 14.3 Å². The van der Waals surface area contributed by atoms with Crippen LogP contribution in [0.5, 0.6) is 0 Å². The van der Waals surface area contributed by atoms with Crippen LogP contribution >= 0.6 is 11.6 Å². The largest absolute Gasteiger partial charge is 0.466 e. The second-order valence-electron chi connectivity index (χ2n) is 11.6. The first-order valence-corrected chi connectivity index (χ1v) is 15.6. The molecule has 224 valence electrons. The van der Waals surface area contributed by atoms with E-state index in [9.17, 15) is 9.59 Å². The Hall–Kier alpha value is -2.86. The van der Waals surface area contributed by atoms with Crippen LogP contribution < -0.4 is 0 Å². The Labute approximate surface area is 251 Å². The molecule has 1 saturated heterocycles. The summed E-state index contributed by atoms with van der Waals surface area (Å²) in [4.78, 5) is 31.3. The third-order valence-corrected chi connectivity index (χ3v) is 7.78. The molecule has 1 unspecified atom stereocenters. The minimum atomic E-state index is -0.467. The number of hydrogen-bond acceptors (Lipinski definition) is 5. The molecule has 4 rings (SSSR count). The van der Waals surface area contributed by atoms with Crippen molar-refractivity contribution in [2.24, 2.45) is 5.92 Å². The van der Waals surface area contributed by atoms with Crippen molar-refractivity contribution in [1.29, 1.82) is 0 Å². The summed E-state index contributed by atoms with van der Waals surface area (Å²) in [6.07, 6.45) is 9.92. The smallest absolute Gasteiger partial charge is 0.410 e. The summed E-state index contributed by atoms with van der Waals surface area (Å²) < 4.78 is 10.7. The third-order valence-electron chi connectivity index (χ3n) is 7.54. The first-order chi connectivity index (χ1) is 19.6. The van der Waals surface area contributed by atoms with E-state index >= 15 is 0 Å². The highest BCUT2D eigenvalue weighted by Gasteiger charge is 2.29. The van der Waals surface area contributed by atoms with Crippen molar-refractivity contribution >= 4 is 35.3 Å². The van der Waals surface area contributed by atoms with Gasteiger partial charge < -0.3 is 14.4 Å². The molecule has 2 aliphatic rings. The molecule has 2 aromatic rings. The van der Waals surface area contributed by atoms with Gasteiger partial charge in [0.15, 0.2) is 0 Å². The number of carbonyl (C=O) groups excluding carboxylic acids is 2. The Morgan fingerprint density at radius 3 is 2.51 bits per heavy atom. The SMILES string of the molecule is CC.CCOC(=O)CCC1=Cc2cccnc2C(CCCC2CCN(C(=O)OC(C)(C)C)CC2)c2ccc(Cl)cc21. The maximum Gasteiger partial charge on any atom is 0.410 e. The molecule has 0 bridgehead atoms. The van der Waals surface area contributed by atoms with Crippen molar-refractivity contribution in [1.82, 2.24) is 9.88 Å². The van der Waals surface area contributed by atoms with Crippen LogP contribution in [0.2, 0.25) is 5.02 Å². The number of aromatic nitrogens is 1. The number of rotatable bonds is 8. The third kappa shape index (κ3) is 9.32. The van der Waals surface area contributed by atoms with E-state index in [1.807, 2.05) is 70.8 Å². The number of allylic oxidation sites excluding steroid dienone is 1. The average Bonchev–Trinajstić information content (AvgIpc) is 3.07. The number of hydrogen-bond donors (Lipinski definition) is 0. The monoisotopic (exact) mass is 582 g/mol. The van der Waals surface area contributed by atoms with Crippen molar-refractivity contribution in [2.45, 2.75) is 98.0 Å². The quantitative estimate of drug-likeness (QED) is 0.291. The molecule has 0 spiro atoms. The minimum Gasteiger partial charge on any atom is -0.466 e. The van der Waals surface area contributed by atoms with Gasteiger partial charge >= 0.3 is 12.1 Å². The lowest BCUT2D eigenvalue weighted by atomic mass is 9.83. The van der Waals surface area contributed by atoms with Gasteiger partial charge in [0, 0.05) is 36.6 Å². The van der Waals surface area contributed by atoms with Gasteiger partial charge in [-0.2, -0.15) is 0 Å². The number of esters is 1. The molecule has 41 heavy (non-hydrogen) atoms. The molecule has 1 fully saturated rings. The van der Waals surface area contributed by atoms with Crippen molar-refractivity contribution in [2.75, 3.05) is 19.7 Å². The first-order valence-electron chi connectivity index (χ1n) is 15.2. The maximum absolute atomic E-state index is 12.4. The second kappa shape index (κ2) is 15.4. The molecule has 0 radical (unpaired) electrons. The number of pyridine rings is 1. The molecule has 1 atom stereocenters. The zero-order valence-corrected chi connectivity index (χ0v) is 26.4. The van der Waals surface area contributed by atoms with Gasteiger partial charge in [0.25, 0.3) is 0 Å². The van der Waals surface area contributed by atoms with Gasteiger partial charge in [-0.3, -0.25) is 9.78 Å². The van der Waals surface area contributed by atoms with Crippen LogP contribution in [0.4, 0.5) is 4.79 Å². The molecule has 6 nitrogen and oxygen atoms in total. The summed E-state index contributed by atoms with van der Waals surface area (Å²) in [5.41, 5.74) is 5.11. The van der Waals surface area contributed by atoms with Gasteiger partial charge in [0.2, 0.25) is 0 Å². The molecule has 2 heterocycles. The lowest BCUT2D eigenvalue weighted by Crippen LogP contribution is -2.41. The van der Waals surface area contributed by atoms with Gasteiger partial charge in [0.05, 0.1) is 12.3 Å². The number of halogens is 1. The maximum atomic E-state index is 12.4. The zero-order valence-electron chi connectivity index (χ0n) is 25.7. The number of carbonyl (C=O) groups is 2. The molecule has 1 aliphatic carbocycles. The summed E-state index contributed by atoms with van der Waals surface area (Å²) in [7, 11) is 0. The summed E-state index contributed by atoms with van der Waals surface area (Å²) in [5, 5.41) is 0.685. The number of nitrogens with zero attached hydrogens (tertiary/aromatic N) is 2. The van der Waals surface area contributed by atoms with E-state index < -0.39 is 5.60 Å². The molecule has 7 heteroatoms. The number of amides is 1. The van der Waals surface area contributed by atoms with E-state index in [2.05, 4.69) is 18.2 Å². The predicted octanol–water partition coefficient (Wildman–Crippen LogP) is 8.91. The highest BCUT2D eigenvalue weighted by molar-refractivity contribution is 6.30. The van der Waals surface area contributed by atoms with Gasteiger partial charge in [-0.15, -0.1) is 0 Å². The fourth-order valence-corrected chi connectivity index (χ4v) is 5.85. The highest BCUT2D eigenvalue weighted by Crippen LogP contribution is 2.42. The standard InChI is InChI=1S/C32H41ClN2O4.C2H6/c1-5-38-29(36)14-11-23-20-24-9-7-17-34-30(24)27(26-13-12-25(33)21-28(23)26)10-6-8-22-15-18-35(19-16-22)31(37)39-32(2,3)4;1-2/h7,9,12-13,17,20-22,27H,5-6,8,10-11,14-16,18-19H2,1-4H3;1-2H3. The van der Waals surface area contributed by atoms with E-state index in [1.54, 1.807) is 0 Å². The summed E-state index contributed by atoms with van der Waals surface area (Å²) >= 11 is 6.47. The zero-order chi connectivity index (χ0) is 30.0. The number of fused-ring (bicyclic) bond motifs is 2. The van der Waals surface area contributed by atoms with Crippen molar-refractivity contribution in [3.05, 3.63) is 63.9 Å². The topological polar surface area (TPSA) is 68.7 Å². The van der Waals surface area contributed by atoms with E-state index in [4.69, 9.17) is 26.1 Å². The molecule has 1 aromatic carbocycles. The van der Waals surface area contributed by atoms with E-state index in [0.29, 0.717) is 30.4 Å². The van der Waals surface area contributed by atoms with Crippen LogP contribution in [0.3, 0.4) is 0 Å². The summed E-state index contributed by atoms with van der Waals surface area (Å²) in [6.45, 7) is 13.4. The Bertz CT molecular complexity index is 1200. The number of benzene rings is 1. The van der Waals surface area contributed by atoms with E-state index in [0.717, 1.165) is 67.6 Å². The Kier molecular flexibility index (Phi) is 12.3. The Morgan fingerprint density at radius 1 is 1.10 bits per heavy atom. The summed E-state index contributed by atoms with van der Waals surface area (Å²) in [6, 6.07) is 10.2. The normalized spacial score (nSPS) is 16.8. The second-order valence-corrected chi connectivity index (χ2v) is 12.0. The molecule has 0 saturated carbocycles. The van der Waals surface area contributed by atoms with Crippen LogP contribution in [-0.4, -0.2) is 47.2 Å². The predicted molar refractivity (Wildman–Crippen MR) is 167 cm³/mol. The van der Waals surface area contributed by atoms with Crippen molar-refractivity contribution < 1.29 is 19.1 Å². The van der Waals surface area contributed by atoms with E-state index in [-0.39, 0.29) is 18.0 Å². The fraction of sp³-hybridized carbons (Fsp3) is 0.559. The highest BCUT2D eigenvalue weighted by atomic mass is 35.5. The number of ether oxygens (including phenoxy) is 2. The van der Waals surface area contributed by atoms with Crippen molar-refractivity contribution in [3.8, 4) is 0 Å². The summed E-state index contributed by atoms with van der Waals surface area (Å²) in [5.74, 6) is 0.555. The lowest BCUT2D eigenvalue weighted by Gasteiger charge is -2.33. The first kappa shape index (κ1) is 32.7. The molecule has 1 aliphatic heterocycles. The van der Waals surface area contributed by atoms with Crippen molar-refractivity contribution in [3.63, 3.8) is 0 Å². The van der Waals surface area contributed by atoms with Gasteiger partial charge in [0.1, 0.15) is 5.60 Å². The van der Waals surface area contributed by atoms with E-state index in [1.165, 1.54) is 5.56 Å². The number of likely N-dealkylation sites (tertiary alicyclic amines) is 1. The van der Waals surface area contributed by atoms with Crippen LogP contribution in [0, 0.1) is 5.92 Å². The molecular formula is C34H47ClN2O4. The molecule has 1 amide bonds. The fourth-order valence-electron chi connectivity index (χ4n) is 5.68. The van der Waals surface area contributed by atoms with Gasteiger partial charge in [-0.25, -0.2) is 4.79 Å². The molecule has 1 aromatic heterocycles. The van der Waals surface area contributed by atoms with Crippen LogP contribution in [0.1, 0.15) is 115 Å².